The molecule has 0 radical (unpaired) electrons. The van der Waals surface area contributed by atoms with Gasteiger partial charge in [-0.15, -0.1) is 0 Å². The summed E-state index contributed by atoms with van der Waals surface area (Å²) in [7, 11) is 1.49. The lowest BCUT2D eigenvalue weighted by Gasteiger charge is -2.23. The molecule has 2 heterocycles. The number of aliphatic hydroxyl groups is 1. The van der Waals surface area contributed by atoms with Crippen LogP contribution >= 0.6 is 11.3 Å². The van der Waals surface area contributed by atoms with Crippen LogP contribution in [-0.2, 0) is 14.3 Å². The number of amides is 1. The van der Waals surface area contributed by atoms with E-state index in [1.807, 2.05) is 0 Å². The van der Waals surface area contributed by atoms with E-state index in [2.05, 4.69) is 18.5 Å². The summed E-state index contributed by atoms with van der Waals surface area (Å²) < 4.78 is 16.3. The van der Waals surface area contributed by atoms with Crippen molar-refractivity contribution in [3.63, 3.8) is 0 Å². The highest BCUT2D eigenvalue weighted by Crippen LogP contribution is 2.44. The van der Waals surface area contributed by atoms with E-state index in [-0.39, 0.29) is 27.9 Å². The normalized spacial score (nSPS) is 16.1. The molecule has 0 bridgehead atoms. The number of aromatic nitrogens is 1. The number of hydrogen-bond acceptors (Lipinski definition) is 9. The lowest BCUT2D eigenvalue weighted by molar-refractivity contribution is -0.132. The monoisotopic (exact) mass is 576 g/mol. The second-order valence-corrected chi connectivity index (χ2v) is 10.3. The molecule has 41 heavy (non-hydrogen) atoms. The van der Waals surface area contributed by atoms with Gasteiger partial charge in [0.2, 0.25) is 0 Å². The Labute approximate surface area is 242 Å². The molecule has 4 rings (SSSR count). The molecule has 1 aliphatic heterocycles. The molecule has 1 saturated heterocycles. The number of Topliss-reactive ketones (excluding diaryl/α,β-unsaturated/α-hetero) is 1. The first-order valence-electron chi connectivity index (χ1n) is 13.2. The highest BCUT2D eigenvalue weighted by atomic mass is 32.1. The third kappa shape index (κ3) is 6.33. The predicted molar refractivity (Wildman–Crippen MR) is 157 cm³/mol. The van der Waals surface area contributed by atoms with Crippen molar-refractivity contribution in [2.24, 2.45) is 0 Å². The second-order valence-electron chi connectivity index (χ2n) is 9.32. The van der Waals surface area contributed by atoms with Gasteiger partial charge in [0.15, 0.2) is 5.13 Å². The number of anilines is 1. The number of rotatable bonds is 12. The van der Waals surface area contributed by atoms with Crippen LogP contribution in [0, 0.1) is 6.92 Å². The molecule has 0 saturated carbocycles. The molecule has 1 aliphatic rings. The molecule has 1 atom stereocenters. The van der Waals surface area contributed by atoms with Crippen molar-refractivity contribution in [1.82, 2.24) is 4.98 Å². The maximum absolute atomic E-state index is 13.5. The summed E-state index contributed by atoms with van der Waals surface area (Å²) in [5.41, 5.74) is 1.11. The van der Waals surface area contributed by atoms with Crippen LogP contribution in [-0.4, -0.2) is 48.1 Å². The topological polar surface area (TPSA) is 115 Å². The van der Waals surface area contributed by atoms with Crippen LogP contribution < -0.4 is 14.4 Å². The summed E-state index contributed by atoms with van der Waals surface area (Å²) in [6, 6.07) is 12.6. The summed E-state index contributed by atoms with van der Waals surface area (Å²) in [6.07, 6.45) is 4.52. The number of ether oxygens (including phenoxy) is 3. The summed E-state index contributed by atoms with van der Waals surface area (Å²) in [6.45, 7) is 7.88. The van der Waals surface area contributed by atoms with Crippen LogP contribution in [0.5, 0.6) is 11.5 Å². The Morgan fingerprint density at radius 1 is 1.15 bits per heavy atom. The summed E-state index contributed by atoms with van der Waals surface area (Å²) in [4.78, 5) is 45.4. The van der Waals surface area contributed by atoms with Gasteiger partial charge in [-0.1, -0.05) is 68.0 Å². The van der Waals surface area contributed by atoms with Gasteiger partial charge < -0.3 is 19.3 Å². The van der Waals surface area contributed by atoms with Crippen LogP contribution in [0.25, 0.3) is 5.76 Å². The van der Waals surface area contributed by atoms with Crippen LogP contribution in [0.1, 0.15) is 58.7 Å². The van der Waals surface area contributed by atoms with Gasteiger partial charge in [-0.2, -0.15) is 0 Å². The fourth-order valence-electron chi connectivity index (χ4n) is 4.43. The molecule has 1 unspecified atom stereocenters. The summed E-state index contributed by atoms with van der Waals surface area (Å²) in [5.74, 6) is -1.60. The van der Waals surface area contributed by atoms with E-state index in [0.29, 0.717) is 34.9 Å². The molecule has 1 aromatic heterocycles. The highest BCUT2D eigenvalue weighted by molar-refractivity contribution is 7.17. The highest BCUT2D eigenvalue weighted by Gasteiger charge is 2.48. The molecule has 1 N–H and O–H groups in total. The van der Waals surface area contributed by atoms with Crippen LogP contribution in [0.4, 0.5) is 5.13 Å². The lowest BCUT2D eigenvalue weighted by Crippen LogP contribution is -2.29. The average Bonchev–Trinajstić information content (AvgIpc) is 3.50. The molecule has 214 valence electrons. The van der Waals surface area contributed by atoms with Gasteiger partial charge in [0.1, 0.15) is 28.7 Å². The van der Waals surface area contributed by atoms with Crippen molar-refractivity contribution in [2.75, 3.05) is 25.2 Å². The smallest absolute Gasteiger partial charge is 0.350 e. The van der Waals surface area contributed by atoms with Gasteiger partial charge in [0.05, 0.1) is 31.0 Å². The van der Waals surface area contributed by atoms with Gasteiger partial charge in [-0.3, -0.25) is 14.5 Å². The van der Waals surface area contributed by atoms with E-state index in [4.69, 9.17) is 14.2 Å². The minimum Gasteiger partial charge on any atom is -0.507 e. The Hall–Kier alpha value is -4.44. The van der Waals surface area contributed by atoms with Crippen molar-refractivity contribution in [3.8, 4) is 11.5 Å². The molecular formula is C31H32N2O7S. The molecule has 10 heteroatoms. The number of carbonyl (C=O) groups excluding carboxylic acids is 3. The fraction of sp³-hybridized carbons (Fsp3) is 0.290. The molecule has 9 nitrogen and oxygen atoms in total. The van der Waals surface area contributed by atoms with E-state index < -0.39 is 23.7 Å². The van der Waals surface area contributed by atoms with Gasteiger partial charge in [0.25, 0.3) is 5.78 Å². The predicted octanol–water partition coefficient (Wildman–Crippen LogP) is 6.00. The van der Waals surface area contributed by atoms with Gasteiger partial charge >= 0.3 is 11.9 Å². The number of aliphatic hydroxyl groups excluding tert-OH is 1. The first-order valence-corrected chi connectivity index (χ1v) is 14.1. The Balaban J connectivity index is 1.80. The minimum absolute atomic E-state index is 0.0173. The largest absolute Gasteiger partial charge is 0.507 e. The molecule has 3 aromatic rings. The van der Waals surface area contributed by atoms with Gasteiger partial charge in [-0.25, -0.2) is 9.78 Å². The summed E-state index contributed by atoms with van der Waals surface area (Å²) >= 11 is 0.938. The number of nitrogens with zero attached hydrogens (tertiary/aromatic N) is 2. The minimum atomic E-state index is -1.02. The van der Waals surface area contributed by atoms with E-state index in [0.717, 1.165) is 30.6 Å². The first kappa shape index (κ1) is 29.5. The quantitative estimate of drug-likeness (QED) is 0.0697. The van der Waals surface area contributed by atoms with Crippen molar-refractivity contribution in [3.05, 3.63) is 88.5 Å². The number of benzene rings is 2. The van der Waals surface area contributed by atoms with E-state index >= 15 is 0 Å². The number of ketones is 1. The number of esters is 1. The molecule has 0 aliphatic carbocycles. The number of unbranched alkanes of at least 4 members (excludes halogenated alkanes) is 2. The molecule has 2 aromatic carbocycles. The maximum atomic E-state index is 13.5. The molecule has 0 spiro atoms. The van der Waals surface area contributed by atoms with Crippen molar-refractivity contribution in [2.45, 2.75) is 39.2 Å². The van der Waals surface area contributed by atoms with Gasteiger partial charge in [-0.05, 0) is 43.2 Å². The average molecular weight is 577 g/mol. The Morgan fingerprint density at radius 3 is 2.59 bits per heavy atom. The van der Waals surface area contributed by atoms with E-state index in [1.54, 1.807) is 55.5 Å². The lowest BCUT2D eigenvalue weighted by atomic mass is 9.95. The maximum Gasteiger partial charge on any atom is 0.350 e. The van der Waals surface area contributed by atoms with Gasteiger partial charge in [0, 0.05) is 5.56 Å². The second kappa shape index (κ2) is 13.3. The Kier molecular flexibility index (Phi) is 9.57. The Bertz CT molecular complexity index is 1480. The van der Waals surface area contributed by atoms with Crippen molar-refractivity contribution in [1.29, 1.82) is 0 Å². The molecule has 1 fully saturated rings. The molecular weight excluding hydrogens is 544 g/mol. The third-order valence-corrected chi connectivity index (χ3v) is 7.65. The first-order chi connectivity index (χ1) is 19.8. The van der Waals surface area contributed by atoms with Crippen molar-refractivity contribution < 1.29 is 33.7 Å². The van der Waals surface area contributed by atoms with Crippen molar-refractivity contribution >= 4 is 39.9 Å². The van der Waals surface area contributed by atoms with E-state index in [9.17, 15) is 19.5 Å². The Morgan fingerprint density at radius 2 is 1.90 bits per heavy atom. The third-order valence-electron chi connectivity index (χ3n) is 6.51. The zero-order valence-corrected chi connectivity index (χ0v) is 24.0. The number of hydrogen-bond donors (Lipinski definition) is 1. The van der Waals surface area contributed by atoms with Crippen LogP contribution in [0.15, 0.2) is 66.8 Å². The number of carbonyl (C=O) groups is 3. The number of thiazole rings is 1. The zero-order valence-electron chi connectivity index (χ0n) is 23.2. The number of aryl methyl sites for hydroxylation is 1. The van der Waals surface area contributed by atoms with Crippen LogP contribution in [0.2, 0.25) is 0 Å². The van der Waals surface area contributed by atoms with E-state index in [1.165, 1.54) is 18.1 Å². The summed E-state index contributed by atoms with van der Waals surface area (Å²) in [5, 5.41) is 11.5. The number of methoxy groups -OCH3 is 1. The molecule has 1 amide bonds. The van der Waals surface area contributed by atoms with Crippen LogP contribution in [0.3, 0.4) is 0 Å². The SMILES string of the molecule is C=CCOC(=O)c1sc(N2C(=O)C(=O)C(=C(O)c3cccc(OC)c3)C2c2ccc(OCCCCC)cc2)nc1C. The standard InChI is InChI=1S/C31H32N2O7S/c1-5-7-8-17-39-22-14-12-20(13-15-22)25-24(26(34)21-10-9-11-23(18-21)38-4)27(35)29(36)33(25)31-32-19(3)28(41-31)30(37)40-16-6-2/h6,9-15,18,25,34H,2,5,7-8,16-17H2,1,3-4H3. The zero-order chi connectivity index (χ0) is 29.5. The fourth-order valence-corrected chi connectivity index (χ4v) is 5.42.